The lowest BCUT2D eigenvalue weighted by Gasteiger charge is -2.00. The molecule has 0 spiro atoms. The van der Waals surface area contributed by atoms with Crippen LogP contribution in [0.5, 0.6) is 0 Å². The Morgan fingerprint density at radius 2 is 1.82 bits per heavy atom. The number of aromatic nitrogens is 2. The first-order chi connectivity index (χ1) is 10.8. The van der Waals surface area contributed by atoms with E-state index in [9.17, 15) is 0 Å². The molecule has 1 aromatic carbocycles. The first-order valence-corrected chi connectivity index (χ1v) is 7.87. The van der Waals surface area contributed by atoms with Crippen molar-refractivity contribution in [1.82, 2.24) is 9.97 Å². The molecule has 0 saturated heterocycles. The summed E-state index contributed by atoms with van der Waals surface area (Å²) in [4.78, 5) is 8.28. The summed E-state index contributed by atoms with van der Waals surface area (Å²) in [5.74, 6) is 0. The van der Waals surface area contributed by atoms with Gasteiger partial charge in [0, 0.05) is 18.6 Å². The third-order valence-electron chi connectivity index (χ3n) is 3.09. The van der Waals surface area contributed by atoms with Gasteiger partial charge >= 0.3 is 0 Å². The van der Waals surface area contributed by atoms with Crippen molar-refractivity contribution in [3.05, 3.63) is 76.4 Å². The molecule has 5 heteroatoms. The maximum atomic E-state index is 4.25. The fourth-order valence-corrected chi connectivity index (χ4v) is 2.55. The van der Waals surface area contributed by atoms with E-state index in [2.05, 4.69) is 42.8 Å². The van der Waals surface area contributed by atoms with Crippen LogP contribution in [0, 0.1) is 3.70 Å². The number of nitrogens with zero attached hydrogens (tertiary/aromatic N) is 4. The summed E-state index contributed by atoms with van der Waals surface area (Å²) in [5, 5.41) is 8.49. The molecule has 0 amide bonds. The van der Waals surface area contributed by atoms with E-state index in [1.165, 1.54) is 0 Å². The number of pyridine rings is 2. The number of rotatable bonds is 4. The van der Waals surface area contributed by atoms with E-state index in [0.717, 1.165) is 26.1 Å². The third kappa shape index (κ3) is 3.94. The standard InChI is InChI=1S/C17H13IN4/c18-17-10-13(7-9-20-17)11-21-22-16-5-3-14(4-6-16)15-2-1-8-19-12-15/h1-10,12H,11H2. The first kappa shape index (κ1) is 14.8. The van der Waals surface area contributed by atoms with Crippen molar-refractivity contribution in [3.8, 4) is 11.1 Å². The molecular weight excluding hydrogens is 387 g/mol. The summed E-state index contributed by atoms with van der Waals surface area (Å²) in [6, 6.07) is 15.9. The van der Waals surface area contributed by atoms with Crippen LogP contribution in [0.15, 0.2) is 77.3 Å². The summed E-state index contributed by atoms with van der Waals surface area (Å²) < 4.78 is 0.964. The van der Waals surface area contributed by atoms with Gasteiger partial charge in [-0.2, -0.15) is 10.2 Å². The third-order valence-corrected chi connectivity index (χ3v) is 3.68. The van der Waals surface area contributed by atoms with Crippen LogP contribution >= 0.6 is 22.6 Å². The minimum absolute atomic E-state index is 0.558. The maximum Gasteiger partial charge on any atom is 0.101 e. The number of halogens is 1. The molecule has 3 aromatic rings. The van der Waals surface area contributed by atoms with E-state index in [0.29, 0.717) is 6.54 Å². The van der Waals surface area contributed by atoms with Gasteiger partial charge in [0.1, 0.15) is 3.70 Å². The molecule has 108 valence electrons. The molecule has 0 aliphatic carbocycles. The van der Waals surface area contributed by atoms with Crippen molar-refractivity contribution in [1.29, 1.82) is 0 Å². The minimum Gasteiger partial charge on any atom is -0.264 e. The molecule has 3 rings (SSSR count). The second-order valence-electron chi connectivity index (χ2n) is 4.67. The maximum absolute atomic E-state index is 4.25. The van der Waals surface area contributed by atoms with Crippen molar-refractivity contribution < 1.29 is 0 Å². The Kier molecular flexibility index (Phi) is 4.85. The highest BCUT2D eigenvalue weighted by Crippen LogP contribution is 2.22. The largest absolute Gasteiger partial charge is 0.264 e. The highest BCUT2D eigenvalue weighted by molar-refractivity contribution is 14.1. The van der Waals surface area contributed by atoms with Gasteiger partial charge in [-0.1, -0.05) is 18.2 Å². The molecule has 0 bridgehead atoms. The van der Waals surface area contributed by atoms with Gasteiger partial charge in [0.05, 0.1) is 12.2 Å². The lowest BCUT2D eigenvalue weighted by Crippen LogP contribution is -1.84. The van der Waals surface area contributed by atoms with Crippen LogP contribution in [0.2, 0.25) is 0 Å². The first-order valence-electron chi connectivity index (χ1n) is 6.80. The van der Waals surface area contributed by atoms with Gasteiger partial charge in [0.15, 0.2) is 0 Å². The molecule has 2 heterocycles. The molecule has 0 aliphatic rings. The SMILES string of the molecule is Ic1cc(CN=Nc2ccc(-c3cccnc3)cc2)ccn1. The number of azo groups is 1. The Morgan fingerprint density at radius 3 is 2.55 bits per heavy atom. The van der Waals surface area contributed by atoms with E-state index in [1.807, 2.05) is 54.7 Å². The Bertz CT molecular complexity index is 770. The minimum atomic E-state index is 0.558. The van der Waals surface area contributed by atoms with Crippen LogP contribution in [0.1, 0.15) is 5.56 Å². The molecular formula is C17H13IN4. The molecule has 0 fully saturated rings. The predicted octanol–water partition coefficient (Wildman–Crippen LogP) is 5.03. The lowest BCUT2D eigenvalue weighted by molar-refractivity contribution is 0.952. The second kappa shape index (κ2) is 7.22. The zero-order valence-electron chi connectivity index (χ0n) is 11.7. The molecule has 0 atom stereocenters. The van der Waals surface area contributed by atoms with Crippen LogP contribution in [0.25, 0.3) is 11.1 Å². The molecule has 0 saturated carbocycles. The van der Waals surface area contributed by atoms with Gasteiger partial charge in [0.2, 0.25) is 0 Å². The van der Waals surface area contributed by atoms with E-state index in [4.69, 9.17) is 0 Å². The van der Waals surface area contributed by atoms with Crippen molar-refractivity contribution in [3.63, 3.8) is 0 Å². The number of benzene rings is 1. The lowest BCUT2D eigenvalue weighted by atomic mass is 10.1. The second-order valence-corrected chi connectivity index (χ2v) is 5.78. The van der Waals surface area contributed by atoms with Gasteiger partial charge in [0.25, 0.3) is 0 Å². The van der Waals surface area contributed by atoms with Gasteiger partial charge in [-0.05, 0) is 69.6 Å². The molecule has 22 heavy (non-hydrogen) atoms. The summed E-state index contributed by atoms with van der Waals surface area (Å²) in [6.45, 7) is 0.558. The van der Waals surface area contributed by atoms with Crippen LogP contribution < -0.4 is 0 Å². The van der Waals surface area contributed by atoms with Crippen molar-refractivity contribution in [2.45, 2.75) is 6.54 Å². The Hall–Kier alpha value is -2.15. The molecule has 0 aliphatic heterocycles. The summed E-state index contributed by atoms with van der Waals surface area (Å²) in [7, 11) is 0. The highest BCUT2D eigenvalue weighted by Gasteiger charge is 1.97. The van der Waals surface area contributed by atoms with Crippen LogP contribution in [-0.2, 0) is 6.54 Å². The van der Waals surface area contributed by atoms with Crippen LogP contribution in [-0.4, -0.2) is 9.97 Å². The average molecular weight is 400 g/mol. The van der Waals surface area contributed by atoms with Gasteiger partial charge in [-0.3, -0.25) is 9.97 Å². The van der Waals surface area contributed by atoms with E-state index in [-0.39, 0.29) is 0 Å². The monoisotopic (exact) mass is 400 g/mol. The highest BCUT2D eigenvalue weighted by atomic mass is 127. The summed E-state index contributed by atoms with van der Waals surface area (Å²) >= 11 is 2.19. The normalized spacial score (nSPS) is 11.0. The van der Waals surface area contributed by atoms with Crippen molar-refractivity contribution >= 4 is 28.3 Å². The molecule has 0 N–H and O–H groups in total. The Labute approximate surface area is 142 Å². The van der Waals surface area contributed by atoms with E-state index in [1.54, 1.807) is 12.4 Å². The van der Waals surface area contributed by atoms with Crippen molar-refractivity contribution in [2.24, 2.45) is 10.2 Å². The average Bonchev–Trinajstić information content (AvgIpc) is 2.56. The Balaban J connectivity index is 1.67. The van der Waals surface area contributed by atoms with E-state index < -0.39 is 0 Å². The number of hydrogen-bond donors (Lipinski definition) is 0. The zero-order valence-corrected chi connectivity index (χ0v) is 13.9. The fraction of sp³-hybridized carbons (Fsp3) is 0.0588. The Morgan fingerprint density at radius 1 is 0.955 bits per heavy atom. The quantitative estimate of drug-likeness (QED) is 0.350. The van der Waals surface area contributed by atoms with Gasteiger partial charge in [-0.25, -0.2) is 0 Å². The molecule has 0 radical (unpaired) electrons. The molecule has 2 aromatic heterocycles. The van der Waals surface area contributed by atoms with Crippen LogP contribution in [0.3, 0.4) is 0 Å². The predicted molar refractivity (Wildman–Crippen MR) is 94.8 cm³/mol. The molecule has 0 unspecified atom stereocenters. The summed E-state index contributed by atoms with van der Waals surface area (Å²) in [5.41, 5.74) is 4.17. The number of hydrogen-bond acceptors (Lipinski definition) is 4. The van der Waals surface area contributed by atoms with Gasteiger partial charge < -0.3 is 0 Å². The van der Waals surface area contributed by atoms with Crippen molar-refractivity contribution in [2.75, 3.05) is 0 Å². The summed E-state index contributed by atoms with van der Waals surface area (Å²) in [6.07, 6.45) is 5.41. The topological polar surface area (TPSA) is 50.5 Å². The fourth-order valence-electron chi connectivity index (χ4n) is 1.99. The van der Waals surface area contributed by atoms with Crippen LogP contribution in [0.4, 0.5) is 5.69 Å². The van der Waals surface area contributed by atoms with Gasteiger partial charge in [-0.15, -0.1) is 0 Å². The van der Waals surface area contributed by atoms with E-state index >= 15 is 0 Å². The smallest absolute Gasteiger partial charge is 0.101 e. The molecule has 4 nitrogen and oxygen atoms in total. The zero-order chi connectivity index (χ0) is 15.2.